The van der Waals surface area contributed by atoms with E-state index in [4.69, 9.17) is 14.2 Å². The van der Waals surface area contributed by atoms with Crippen LogP contribution in [0.4, 0.5) is 0 Å². The van der Waals surface area contributed by atoms with Gasteiger partial charge in [-0.1, -0.05) is 6.07 Å². The number of hydrogen-bond acceptors (Lipinski definition) is 13. The molecule has 44 heavy (non-hydrogen) atoms. The summed E-state index contributed by atoms with van der Waals surface area (Å²) >= 11 is 0. The molecule has 0 saturated carbocycles. The third-order valence-electron chi connectivity index (χ3n) is 7.02. The molecule has 0 radical (unpaired) electrons. The highest BCUT2D eigenvalue weighted by Crippen LogP contribution is 2.14. The lowest BCUT2D eigenvalue weighted by Gasteiger charge is -2.35. The molecule has 1 aliphatic heterocycles. The number of aliphatic carboxylic acids is 3. The summed E-state index contributed by atoms with van der Waals surface area (Å²) in [5.74, 6) is -2.77. The van der Waals surface area contributed by atoms with Gasteiger partial charge >= 0.3 is 17.9 Å². The highest BCUT2D eigenvalue weighted by molar-refractivity contribution is 5.74. The minimum atomic E-state index is -1.60. The number of nitrogens with zero attached hydrogens (tertiary/aromatic N) is 5. The lowest BCUT2D eigenvalue weighted by molar-refractivity contribution is -0.144. The molecule has 0 spiro atoms. The Hall–Kier alpha value is -2.96. The molecule has 0 amide bonds. The Bertz CT molecular complexity index is 953. The molecule has 16 nitrogen and oxygen atoms in total. The summed E-state index contributed by atoms with van der Waals surface area (Å²) < 4.78 is 16.2. The molecule has 1 fully saturated rings. The molecule has 0 aromatic carbocycles. The smallest absolute Gasteiger partial charge is 0.321 e. The molecular weight excluding hydrogens is 582 g/mol. The molecule has 1 aromatic heterocycles. The van der Waals surface area contributed by atoms with Crippen LogP contribution >= 0.6 is 0 Å². The number of carboxylic acid groups (broad SMARTS) is 3. The Kier molecular flexibility index (Phi) is 17.7. The van der Waals surface area contributed by atoms with Gasteiger partial charge in [0.2, 0.25) is 5.88 Å². The van der Waals surface area contributed by atoms with Gasteiger partial charge in [0, 0.05) is 84.2 Å². The fraction of sp³-hybridized carbons (Fsp3) is 0.714. The summed E-state index contributed by atoms with van der Waals surface area (Å²) in [4.78, 5) is 46.7. The number of carbonyl (C=O) groups is 3. The number of ether oxygens (including phenoxy) is 3. The summed E-state index contributed by atoms with van der Waals surface area (Å²) in [7, 11) is 0. The number of β-amino-alcohol motifs (C(OH)–C–C–N with tert-alkyl or cyclic N) is 2. The van der Waals surface area contributed by atoms with Crippen molar-refractivity contribution in [3.05, 3.63) is 23.9 Å². The molecule has 16 heteroatoms. The summed E-state index contributed by atoms with van der Waals surface area (Å²) in [6, 6.07) is 2.41. The van der Waals surface area contributed by atoms with E-state index < -0.39 is 30.2 Å². The number of pyridine rings is 1. The number of hydrogen-bond donors (Lipinski definition) is 5. The second-order valence-electron chi connectivity index (χ2n) is 10.4. The summed E-state index contributed by atoms with van der Waals surface area (Å²) in [5.41, 5.74) is 0.659. The van der Waals surface area contributed by atoms with Gasteiger partial charge in [0.05, 0.1) is 32.9 Å². The van der Waals surface area contributed by atoms with Crippen molar-refractivity contribution in [2.45, 2.75) is 25.7 Å². The molecule has 1 atom stereocenters. The van der Waals surface area contributed by atoms with Gasteiger partial charge in [0.1, 0.15) is 12.6 Å². The van der Waals surface area contributed by atoms with E-state index in [1.807, 2.05) is 6.92 Å². The van der Waals surface area contributed by atoms with Crippen LogP contribution in [0.3, 0.4) is 0 Å². The van der Waals surface area contributed by atoms with E-state index in [9.17, 15) is 39.9 Å². The van der Waals surface area contributed by atoms with Crippen molar-refractivity contribution in [2.75, 3.05) is 105 Å². The molecule has 5 N–H and O–H groups in total. The van der Waals surface area contributed by atoms with Crippen molar-refractivity contribution in [2.24, 2.45) is 0 Å². The Morgan fingerprint density at radius 2 is 1.34 bits per heavy atom. The zero-order chi connectivity index (χ0) is 32.3. The predicted molar refractivity (Wildman–Crippen MR) is 157 cm³/mol. The number of carboxylic acids is 3. The molecule has 1 saturated heterocycles. The molecule has 0 bridgehead atoms. The number of rotatable bonds is 18. The van der Waals surface area contributed by atoms with Crippen molar-refractivity contribution in [1.82, 2.24) is 24.6 Å². The molecular formula is C28H47N5O11. The van der Waals surface area contributed by atoms with Crippen LogP contribution in [0.25, 0.3) is 0 Å². The van der Waals surface area contributed by atoms with Crippen molar-refractivity contribution < 1.29 is 54.1 Å². The van der Waals surface area contributed by atoms with Gasteiger partial charge in [0.15, 0.2) is 6.29 Å². The van der Waals surface area contributed by atoms with Gasteiger partial charge in [-0.05, 0) is 12.5 Å². The maximum atomic E-state index is 12.5. The van der Waals surface area contributed by atoms with Crippen LogP contribution in [0.2, 0.25) is 0 Å². The van der Waals surface area contributed by atoms with E-state index in [-0.39, 0.29) is 65.3 Å². The van der Waals surface area contributed by atoms with Crippen LogP contribution in [0, 0.1) is 0 Å². The maximum Gasteiger partial charge on any atom is 0.321 e. The summed E-state index contributed by atoms with van der Waals surface area (Å²) in [5, 5.41) is 48.1. The Morgan fingerprint density at radius 3 is 1.84 bits per heavy atom. The second-order valence-corrected chi connectivity index (χ2v) is 10.4. The minimum absolute atomic E-state index is 0.0743. The second kappa shape index (κ2) is 20.9. The van der Waals surface area contributed by atoms with Gasteiger partial charge < -0.3 is 39.7 Å². The van der Waals surface area contributed by atoms with Gasteiger partial charge in [-0.2, -0.15) is 0 Å². The van der Waals surface area contributed by atoms with Gasteiger partial charge in [-0.25, -0.2) is 4.98 Å². The van der Waals surface area contributed by atoms with Crippen LogP contribution in [0.5, 0.6) is 5.88 Å². The molecule has 2 heterocycles. The number of aromatic nitrogens is 1. The largest absolute Gasteiger partial charge is 0.480 e. The van der Waals surface area contributed by atoms with Crippen LogP contribution in [-0.2, 0) is 30.3 Å². The summed E-state index contributed by atoms with van der Waals surface area (Å²) in [6.07, 6.45) is 0.0639. The molecule has 0 aliphatic carbocycles. The molecule has 2 rings (SSSR count). The van der Waals surface area contributed by atoms with E-state index in [1.54, 1.807) is 37.9 Å². The van der Waals surface area contributed by atoms with Crippen molar-refractivity contribution in [3.8, 4) is 5.88 Å². The van der Waals surface area contributed by atoms with E-state index in [1.165, 1.54) is 0 Å². The Balaban J connectivity index is 2.12. The topological polar surface area (TPSA) is 206 Å². The third-order valence-corrected chi connectivity index (χ3v) is 7.02. The van der Waals surface area contributed by atoms with Crippen LogP contribution in [0.1, 0.15) is 12.5 Å². The fourth-order valence-electron chi connectivity index (χ4n) is 4.76. The van der Waals surface area contributed by atoms with Gasteiger partial charge in [0.25, 0.3) is 0 Å². The average molecular weight is 630 g/mol. The van der Waals surface area contributed by atoms with Crippen molar-refractivity contribution in [3.63, 3.8) is 0 Å². The molecule has 1 aromatic rings. The van der Waals surface area contributed by atoms with Crippen LogP contribution in [-0.4, -0.2) is 185 Å². The van der Waals surface area contributed by atoms with Crippen LogP contribution < -0.4 is 4.74 Å². The van der Waals surface area contributed by atoms with E-state index in [0.29, 0.717) is 57.6 Å². The van der Waals surface area contributed by atoms with E-state index in [2.05, 4.69) is 4.98 Å². The van der Waals surface area contributed by atoms with Gasteiger partial charge in [-0.3, -0.25) is 34.0 Å². The number of aliphatic hydroxyl groups excluding tert-OH is 1. The number of aliphatic hydroxyl groups is 2. The first kappa shape index (κ1) is 37.2. The highest BCUT2D eigenvalue weighted by Gasteiger charge is 2.28. The predicted octanol–water partition coefficient (Wildman–Crippen LogP) is -1.79. The monoisotopic (exact) mass is 629 g/mol. The quantitative estimate of drug-likeness (QED) is 0.0898. The lowest BCUT2D eigenvalue weighted by Crippen LogP contribution is -2.52. The fourth-order valence-corrected chi connectivity index (χ4v) is 4.76. The zero-order valence-corrected chi connectivity index (χ0v) is 25.3. The van der Waals surface area contributed by atoms with Crippen LogP contribution in [0.15, 0.2) is 18.3 Å². The van der Waals surface area contributed by atoms with Gasteiger partial charge in [-0.15, -0.1) is 0 Å². The average Bonchev–Trinajstić information content (AvgIpc) is 2.95. The Morgan fingerprint density at radius 1 is 0.795 bits per heavy atom. The maximum absolute atomic E-state index is 12.5. The molecule has 250 valence electrons. The highest BCUT2D eigenvalue weighted by atomic mass is 16.5. The van der Waals surface area contributed by atoms with E-state index >= 15 is 0 Å². The zero-order valence-electron chi connectivity index (χ0n) is 25.3. The molecule has 0 unspecified atom stereocenters. The summed E-state index contributed by atoms with van der Waals surface area (Å²) in [6.45, 7) is 5.65. The third kappa shape index (κ3) is 15.7. The van der Waals surface area contributed by atoms with Crippen molar-refractivity contribution >= 4 is 17.9 Å². The molecule has 1 aliphatic rings. The minimum Gasteiger partial charge on any atom is -0.480 e. The van der Waals surface area contributed by atoms with E-state index in [0.717, 1.165) is 0 Å². The lowest BCUT2D eigenvalue weighted by atomic mass is 10.1. The van der Waals surface area contributed by atoms with Crippen molar-refractivity contribution in [1.29, 1.82) is 0 Å². The first-order valence-electron chi connectivity index (χ1n) is 14.7. The standard InChI is InChI=1S/C28H47N5O11/c1-2-42-13-14-43-15-16-44-24-4-3-22(18-29-24)17-23(28(40)41)33-11-9-31(20-26(36)37)7-5-30(19-25(34)35)6-8-32(10-12-33)21-27(38)39/h3-4,18,23,25,34-35H,2,5-17,19-21H2,1H3,(H,36,37)(H,38,39)(H,40,41)/t23-/m0/s1. The Labute approximate surface area is 257 Å². The normalized spacial score (nSPS) is 17.5. The first-order chi connectivity index (χ1) is 21.1. The SMILES string of the molecule is CCOCCOCCOc1ccc(C[C@@H](C(=O)O)N2CCN(CC(=O)O)CCN(CC(O)O)CCN(CC(=O)O)CC2)cn1. The first-order valence-corrected chi connectivity index (χ1v) is 14.7.